The maximum atomic E-state index is 14.0. The Morgan fingerprint density at radius 2 is 1.95 bits per heavy atom. The van der Waals surface area contributed by atoms with E-state index >= 15 is 0 Å². The number of rotatable bonds is 2. The van der Waals surface area contributed by atoms with Crippen LogP contribution in [-0.2, 0) is 4.79 Å². The number of halogens is 3. The minimum atomic E-state index is -0.761. The van der Waals surface area contributed by atoms with E-state index in [1.165, 1.54) is 22.7 Å². The molecule has 1 fully saturated rings. The molecule has 0 spiro atoms. The maximum Gasteiger partial charge on any atom is 0.238 e. The van der Waals surface area contributed by atoms with Crippen molar-refractivity contribution in [2.24, 2.45) is 0 Å². The molecule has 1 saturated heterocycles. The number of thioether (sulfide) groups is 1. The van der Waals surface area contributed by atoms with Crippen molar-refractivity contribution in [3.8, 4) is 0 Å². The Morgan fingerprint density at radius 3 is 2.67 bits per heavy atom. The molecule has 0 aromatic heterocycles. The quantitative estimate of drug-likeness (QED) is 0.816. The van der Waals surface area contributed by atoms with E-state index in [4.69, 9.17) is 11.6 Å². The largest absolute Gasteiger partial charge is 0.292 e. The number of carbonyl (C=O) groups is 1. The first-order chi connectivity index (χ1) is 10.1. The van der Waals surface area contributed by atoms with Gasteiger partial charge in [-0.15, -0.1) is 11.8 Å². The zero-order valence-corrected chi connectivity index (χ0v) is 12.3. The fraction of sp³-hybridized carbons (Fsp3) is 0.133. The standard InChI is InChI=1S/C15H10ClF2NOS/c16-11-4-2-1-3-10(11)15-19(14(20)8-21-15)13-6-5-9(17)7-12(13)18/h1-7,15H,8H2. The third-order valence-electron chi connectivity index (χ3n) is 3.21. The van der Waals surface area contributed by atoms with Crippen LogP contribution < -0.4 is 4.90 Å². The van der Waals surface area contributed by atoms with Gasteiger partial charge in [0, 0.05) is 16.7 Å². The van der Waals surface area contributed by atoms with Crippen molar-refractivity contribution in [3.05, 3.63) is 64.7 Å². The predicted molar refractivity (Wildman–Crippen MR) is 80.5 cm³/mol. The third kappa shape index (κ3) is 2.63. The van der Waals surface area contributed by atoms with Gasteiger partial charge in [0.15, 0.2) is 0 Å². The molecule has 108 valence electrons. The van der Waals surface area contributed by atoms with Gasteiger partial charge in [-0.3, -0.25) is 9.69 Å². The van der Waals surface area contributed by atoms with E-state index in [1.807, 2.05) is 6.07 Å². The van der Waals surface area contributed by atoms with Gasteiger partial charge in [-0.05, 0) is 18.2 Å². The van der Waals surface area contributed by atoms with Gasteiger partial charge in [-0.25, -0.2) is 8.78 Å². The van der Waals surface area contributed by atoms with Crippen molar-refractivity contribution in [2.75, 3.05) is 10.7 Å². The van der Waals surface area contributed by atoms with Gasteiger partial charge in [0.05, 0.1) is 11.4 Å². The number of anilines is 1. The Balaban J connectivity index is 2.06. The van der Waals surface area contributed by atoms with Crippen LogP contribution in [0.15, 0.2) is 42.5 Å². The molecule has 2 nitrogen and oxygen atoms in total. The van der Waals surface area contributed by atoms with Crippen LogP contribution in [0.5, 0.6) is 0 Å². The van der Waals surface area contributed by atoms with Crippen molar-refractivity contribution >= 4 is 35.0 Å². The lowest BCUT2D eigenvalue weighted by Gasteiger charge is -2.25. The molecule has 0 bridgehead atoms. The highest BCUT2D eigenvalue weighted by molar-refractivity contribution is 8.00. The molecular weight excluding hydrogens is 316 g/mol. The summed E-state index contributed by atoms with van der Waals surface area (Å²) in [7, 11) is 0. The first-order valence-corrected chi connectivity index (χ1v) is 7.64. The molecule has 6 heteroatoms. The van der Waals surface area contributed by atoms with E-state index in [0.29, 0.717) is 5.02 Å². The molecule has 2 aromatic rings. The van der Waals surface area contributed by atoms with Crippen molar-refractivity contribution in [1.82, 2.24) is 0 Å². The second-order valence-corrected chi connectivity index (χ2v) is 6.02. The summed E-state index contributed by atoms with van der Waals surface area (Å²) in [6.45, 7) is 0. The van der Waals surface area contributed by atoms with Crippen LogP contribution in [0.1, 0.15) is 10.9 Å². The van der Waals surface area contributed by atoms with Gasteiger partial charge in [-0.2, -0.15) is 0 Å². The van der Waals surface area contributed by atoms with Crippen LogP contribution in [0, 0.1) is 11.6 Å². The van der Waals surface area contributed by atoms with E-state index in [1.54, 1.807) is 18.2 Å². The molecule has 0 radical (unpaired) electrons. The van der Waals surface area contributed by atoms with Gasteiger partial charge in [0.1, 0.15) is 17.0 Å². The van der Waals surface area contributed by atoms with Crippen LogP contribution in [-0.4, -0.2) is 11.7 Å². The summed E-state index contributed by atoms with van der Waals surface area (Å²) >= 11 is 7.53. The van der Waals surface area contributed by atoms with E-state index in [2.05, 4.69) is 0 Å². The summed E-state index contributed by atoms with van der Waals surface area (Å²) in [4.78, 5) is 13.4. The zero-order chi connectivity index (χ0) is 15.0. The molecule has 1 amide bonds. The minimum absolute atomic E-state index is 0.0660. The monoisotopic (exact) mass is 325 g/mol. The molecule has 1 atom stereocenters. The van der Waals surface area contributed by atoms with Gasteiger partial charge >= 0.3 is 0 Å². The molecule has 0 saturated carbocycles. The van der Waals surface area contributed by atoms with Crippen LogP contribution >= 0.6 is 23.4 Å². The van der Waals surface area contributed by atoms with Gasteiger partial charge in [0.2, 0.25) is 5.91 Å². The lowest BCUT2D eigenvalue weighted by atomic mass is 10.2. The van der Waals surface area contributed by atoms with Crippen LogP contribution in [0.3, 0.4) is 0 Å². The Kier molecular flexibility index (Phi) is 3.87. The molecule has 21 heavy (non-hydrogen) atoms. The maximum absolute atomic E-state index is 14.0. The third-order valence-corrected chi connectivity index (χ3v) is 4.75. The normalized spacial score (nSPS) is 18.3. The summed E-state index contributed by atoms with van der Waals surface area (Å²) in [5, 5.41) is 0.100. The Morgan fingerprint density at radius 1 is 1.19 bits per heavy atom. The van der Waals surface area contributed by atoms with Gasteiger partial charge in [0.25, 0.3) is 0 Å². The van der Waals surface area contributed by atoms with E-state index in [0.717, 1.165) is 17.7 Å². The molecule has 1 aliphatic heterocycles. The summed E-state index contributed by atoms with van der Waals surface area (Å²) in [6, 6.07) is 10.3. The second-order valence-electron chi connectivity index (χ2n) is 4.54. The topological polar surface area (TPSA) is 20.3 Å². The minimum Gasteiger partial charge on any atom is -0.292 e. The number of benzene rings is 2. The lowest BCUT2D eigenvalue weighted by Crippen LogP contribution is -2.28. The summed E-state index contributed by atoms with van der Waals surface area (Å²) in [5.41, 5.74) is 0.801. The number of amides is 1. The zero-order valence-electron chi connectivity index (χ0n) is 10.7. The Hall–Kier alpha value is -1.59. The van der Waals surface area contributed by atoms with Crippen LogP contribution in [0.25, 0.3) is 0 Å². The van der Waals surface area contributed by atoms with E-state index in [-0.39, 0.29) is 17.3 Å². The van der Waals surface area contributed by atoms with Crippen LogP contribution in [0.4, 0.5) is 14.5 Å². The average Bonchev–Trinajstić information content (AvgIpc) is 2.81. The molecule has 3 rings (SSSR count). The van der Waals surface area contributed by atoms with Crippen molar-refractivity contribution in [3.63, 3.8) is 0 Å². The molecule has 2 aromatic carbocycles. The summed E-state index contributed by atoms with van der Waals surface area (Å²) < 4.78 is 27.0. The second kappa shape index (κ2) is 5.66. The highest BCUT2D eigenvalue weighted by Gasteiger charge is 2.36. The fourth-order valence-corrected chi connectivity index (χ4v) is 3.78. The first kappa shape index (κ1) is 14.4. The molecule has 1 unspecified atom stereocenters. The van der Waals surface area contributed by atoms with Crippen molar-refractivity contribution in [1.29, 1.82) is 0 Å². The molecule has 0 N–H and O–H groups in total. The Labute approximate surface area is 129 Å². The van der Waals surface area contributed by atoms with E-state index in [9.17, 15) is 13.6 Å². The molecule has 1 aliphatic rings. The number of hydrogen-bond donors (Lipinski definition) is 0. The van der Waals surface area contributed by atoms with Crippen molar-refractivity contribution in [2.45, 2.75) is 5.37 Å². The molecular formula is C15H10ClF2NOS. The molecule has 1 heterocycles. The lowest BCUT2D eigenvalue weighted by molar-refractivity contribution is -0.115. The predicted octanol–water partition coefficient (Wildman–Crippen LogP) is 4.40. The summed E-state index contributed by atoms with van der Waals surface area (Å²) in [6.07, 6.45) is 0. The highest BCUT2D eigenvalue weighted by atomic mass is 35.5. The van der Waals surface area contributed by atoms with Crippen LogP contribution in [0.2, 0.25) is 5.02 Å². The average molecular weight is 326 g/mol. The number of nitrogens with zero attached hydrogens (tertiary/aromatic N) is 1. The number of hydrogen-bond acceptors (Lipinski definition) is 2. The molecule has 0 aliphatic carbocycles. The van der Waals surface area contributed by atoms with Gasteiger partial charge in [-0.1, -0.05) is 29.8 Å². The smallest absolute Gasteiger partial charge is 0.238 e. The Bertz CT molecular complexity index is 710. The fourth-order valence-electron chi connectivity index (χ4n) is 2.27. The van der Waals surface area contributed by atoms with Gasteiger partial charge < -0.3 is 0 Å². The van der Waals surface area contributed by atoms with E-state index < -0.39 is 17.0 Å². The SMILES string of the molecule is O=C1CSC(c2ccccc2Cl)N1c1ccc(F)cc1F. The highest BCUT2D eigenvalue weighted by Crippen LogP contribution is 2.44. The summed E-state index contributed by atoms with van der Waals surface area (Å²) in [5.74, 6) is -1.43. The number of carbonyl (C=O) groups excluding carboxylic acids is 1. The van der Waals surface area contributed by atoms with Crippen molar-refractivity contribution < 1.29 is 13.6 Å². The first-order valence-electron chi connectivity index (χ1n) is 6.21.